The topological polar surface area (TPSA) is 187 Å². The van der Waals surface area contributed by atoms with Crippen molar-refractivity contribution in [3.63, 3.8) is 0 Å². The van der Waals surface area contributed by atoms with Crippen molar-refractivity contribution in [2.75, 3.05) is 26.2 Å². The first-order chi connectivity index (χ1) is 19.7. The minimum Gasteiger partial charge on any atom is -0.480 e. The summed E-state index contributed by atoms with van der Waals surface area (Å²) in [7, 11) is 0. The largest absolute Gasteiger partial charge is 0.480 e. The Bertz CT molecular complexity index is 1570. The number of halogens is 2. The summed E-state index contributed by atoms with van der Waals surface area (Å²) in [6, 6.07) is 1.88. The van der Waals surface area contributed by atoms with Gasteiger partial charge in [-0.1, -0.05) is 23.2 Å². The first kappa shape index (κ1) is 28.6. The van der Waals surface area contributed by atoms with Crippen LogP contribution in [0.25, 0.3) is 10.2 Å². The average molecular weight is 619 g/mol. The number of fused-ring (bicyclic) bond motifs is 2. The maximum absolute atomic E-state index is 13.2. The van der Waals surface area contributed by atoms with Gasteiger partial charge in [0.05, 0.1) is 49.5 Å². The van der Waals surface area contributed by atoms with Crippen LogP contribution in [-0.2, 0) is 17.8 Å². The fraction of sp³-hybridized carbons (Fsp3) is 0.360. The Balaban J connectivity index is 1.31. The second-order valence-electron chi connectivity index (χ2n) is 9.57. The lowest BCUT2D eigenvalue weighted by atomic mass is 9.96. The van der Waals surface area contributed by atoms with Gasteiger partial charge in [0.15, 0.2) is 6.19 Å². The molecule has 13 nitrogen and oxygen atoms in total. The molecule has 5 rings (SSSR count). The lowest BCUT2D eigenvalue weighted by Crippen LogP contribution is -2.45. The van der Waals surface area contributed by atoms with Crippen LogP contribution in [0.4, 0.5) is 0 Å². The molecule has 1 aromatic carbocycles. The maximum atomic E-state index is 13.2. The molecule has 3 aromatic rings. The van der Waals surface area contributed by atoms with Gasteiger partial charge >= 0.3 is 5.97 Å². The molecule has 0 bridgehead atoms. The van der Waals surface area contributed by atoms with Crippen LogP contribution in [0.3, 0.4) is 0 Å². The van der Waals surface area contributed by atoms with E-state index in [-0.39, 0.29) is 47.1 Å². The normalized spacial score (nSPS) is 17.7. The zero-order valence-corrected chi connectivity index (χ0v) is 23.7. The number of nitrogens with one attached hydrogen (secondary N) is 3. The molecule has 2 amide bonds. The van der Waals surface area contributed by atoms with Crippen molar-refractivity contribution in [1.82, 2.24) is 30.6 Å². The molecular weight excluding hydrogens is 595 g/mol. The third-order valence-electron chi connectivity index (χ3n) is 6.92. The smallest absolute Gasteiger partial charge is 0.328 e. The zero-order valence-electron chi connectivity index (χ0n) is 21.4. The molecule has 16 heteroatoms. The number of carbonyl (C=O) groups is 3. The summed E-state index contributed by atoms with van der Waals surface area (Å²) in [6.07, 6.45) is 3.68. The number of aliphatic hydroxyl groups excluding tert-OH is 1. The van der Waals surface area contributed by atoms with Gasteiger partial charge in [0.25, 0.3) is 11.8 Å². The molecule has 41 heavy (non-hydrogen) atoms. The van der Waals surface area contributed by atoms with Crippen LogP contribution >= 0.6 is 34.5 Å². The highest BCUT2D eigenvalue weighted by atomic mass is 35.5. The Labute approximate surface area is 247 Å². The third-order valence-corrected chi connectivity index (χ3v) is 8.69. The molecule has 1 fully saturated rings. The van der Waals surface area contributed by atoms with Crippen molar-refractivity contribution >= 4 is 68.5 Å². The van der Waals surface area contributed by atoms with Crippen molar-refractivity contribution < 1.29 is 24.6 Å². The highest BCUT2D eigenvalue weighted by Crippen LogP contribution is 2.35. The van der Waals surface area contributed by atoms with Gasteiger partial charge in [0.2, 0.25) is 5.96 Å². The molecule has 2 aliphatic rings. The lowest BCUT2D eigenvalue weighted by Gasteiger charge is -2.30. The minimum absolute atomic E-state index is 0.0154. The maximum Gasteiger partial charge on any atom is 0.328 e. The number of carboxylic acids is 1. The second kappa shape index (κ2) is 11.9. The molecule has 2 aliphatic heterocycles. The van der Waals surface area contributed by atoms with Crippen molar-refractivity contribution in [2.24, 2.45) is 4.99 Å². The Morgan fingerprint density at radius 3 is 2.78 bits per heavy atom. The van der Waals surface area contributed by atoms with Crippen LogP contribution in [0.1, 0.15) is 37.6 Å². The molecule has 4 heterocycles. The molecule has 2 atom stereocenters. The fourth-order valence-electron chi connectivity index (χ4n) is 4.84. The first-order valence-corrected chi connectivity index (χ1v) is 14.1. The molecular formula is C25H24Cl2N8O5S. The van der Waals surface area contributed by atoms with Crippen molar-refractivity contribution in [3.8, 4) is 6.19 Å². The number of aliphatic imine (C=N–C) groups is 1. The first-order valence-electron chi connectivity index (χ1n) is 12.5. The summed E-state index contributed by atoms with van der Waals surface area (Å²) in [4.78, 5) is 46.3. The quantitative estimate of drug-likeness (QED) is 0.119. The number of amides is 2. The summed E-state index contributed by atoms with van der Waals surface area (Å²) in [5.41, 5.74) is 2.07. The SMILES string of the molecule is N#CNC(=NC[C@H](NC(=O)c1c(Cl)cc2c(c1Cl)CCN(C(=O)c1cc3[nH]ncc3s1)C2)C(=O)O)N1CC[C@H](O)C1. The van der Waals surface area contributed by atoms with E-state index in [0.29, 0.717) is 41.9 Å². The number of hydrogen-bond acceptors (Lipinski definition) is 8. The van der Waals surface area contributed by atoms with Crippen LogP contribution in [0.15, 0.2) is 23.3 Å². The molecule has 5 N–H and O–H groups in total. The molecule has 0 unspecified atom stereocenters. The van der Waals surface area contributed by atoms with Gasteiger partial charge < -0.3 is 25.3 Å². The van der Waals surface area contributed by atoms with Crippen LogP contribution in [0.2, 0.25) is 10.0 Å². The Hall–Kier alpha value is -3.90. The summed E-state index contributed by atoms with van der Waals surface area (Å²) in [5.74, 6) is -2.18. The lowest BCUT2D eigenvalue weighted by molar-refractivity contribution is -0.138. The van der Waals surface area contributed by atoms with Crippen molar-refractivity contribution in [3.05, 3.63) is 49.9 Å². The third kappa shape index (κ3) is 5.94. The van der Waals surface area contributed by atoms with Gasteiger partial charge in [-0.05, 0) is 36.1 Å². The predicted molar refractivity (Wildman–Crippen MR) is 151 cm³/mol. The van der Waals surface area contributed by atoms with E-state index in [1.54, 1.807) is 34.3 Å². The van der Waals surface area contributed by atoms with Crippen molar-refractivity contribution in [2.45, 2.75) is 31.5 Å². The van der Waals surface area contributed by atoms with Crippen LogP contribution in [0.5, 0.6) is 0 Å². The number of thiophene rings is 1. The number of guanidine groups is 1. The van der Waals surface area contributed by atoms with Gasteiger partial charge in [-0.2, -0.15) is 10.4 Å². The van der Waals surface area contributed by atoms with Gasteiger partial charge in [-0.15, -0.1) is 11.3 Å². The Morgan fingerprint density at radius 2 is 2.10 bits per heavy atom. The van der Waals surface area contributed by atoms with Crippen LogP contribution in [0, 0.1) is 11.5 Å². The van der Waals surface area contributed by atoms with E-state index in [1.165, 1.54) is 11.3 Å². The number of nitrogens with zero attached hydrogens (tertiary/aromatic N) is 5. The number of benzene rings is 1. The fourth-order valence-corrected chi connectivity index (χ4v) is 6.55. The van der Waals surface area contributed by atoms with Crippen molar-refractivity contribution in [1.29, 1.82) is 5.26 Å². The van der Waals surface area contributed by atoms with E-state index in [9.17, 15) is 24.6 Å². The Kier molecular flexibility index (Phi) is 8.32. The number of likely N-dealkylation sites (tertiary alicyclic amines) is 1. The zero-order chi connectivity index (χ0) is 29.3. The number of carboxylic acid groups (broad SMARTS) is 1. The second-order valence-corrected chi connectivity index (χ2v) is 11.4. The number of hydrogen-bond donors (Lipinski definition) is 5. The highest BCUT2D eigenvalue weighted by Gasteiger charge is 2.30. The number of rotatable bonds is 6. The summed E-state index contributed by atoms with van der Waals surface area (Å²) in [5, 5.41) is 40.3. The van der Waals surface area contributed by atoms with Gasteiger partial charge in [0.1, 0.15) is 6.04 Å². The van der Waals surface area contributed by atoms with Crippen LogP contribution in [-0.4, -0.2) is 92.3 Å². The average Bonchev–Trinajstić information content (AvgIpc) is 3.66. The van der Waals surface area contributed by atoms with E-state index in [2.05, 4.69) is 25.8 Å². The standard InChI is InChI=1S/C25H24Cl2N8O5S/c26-15-5-12-9-34(23(38)18-6-16-19(41-18)8-31-33-16)4-2-14(12)21(27)20(15)22(37)32-17(24(39)40)7-29-25(30-11-28)35-3-1-13(36)10-35/h5-6,8,13,17,36H,1-4,7,9-10H2,(H,29,30)(H,31,33)(H,32,37)(H,39,40)/t13-,17-/m0/s1. The predicted octanol–water partition coefficient (Wildman–Crippen LogP) is 1.81. The van der Waals surface area contributed by atoms with Gasteiger partial charge in [0, 0.05) is 26.2 Å². The Morgan fingerprint density at radius 1 is 1.29 bits per heavy atom. The van der Waals surface area contributed by atoms with Gasteiger partial charge in [-0.3, -0.25) is 20.0 Å². The van der Waals surface area contributed by atoms with E-state index in [0.717, 1.165) is 10.2 Å². The molecule has 0 spiro atoms. The van der Waals surface area contributed by atoms with Crippen LogP contribution < -0.4 is 10.6 Å². The number of aliphatic hydroxyl groups is 1. The van der Waals surface area contributed by atoms with E-state index < -0.39 is 24.0 Å². The van der Waals surface area contributed by atoms with E-state index in [1.807, 2.05) is 0 Å². The number of aromatic nitrogens is 2. The van der Waals surface area contributed by atoms with Gasteiger partial charge in [-0.25, -0.2) is 9.79 Å². The molecule has 1 saturated heterocycles. The number of β-amino-alcohol motifs (C(OH)–C–C–N with tert-alkyl or cyclic N) is 1. The minimum atomic E-state index is -1.45. The highest BCUT2D eigenvalue weighted by molar-refractivity contribution is 7.20. The number of aromatic amines is 1. The van der Waals surface area contributed by atoms with E-state index in [4.69, 9.17) is 28.5 Å². The number of nitriles is 1. The number of H-pyrrole nitrogens is 1. The monoisotopic (exact) mass is 618 g/mol. The summed E-state index contributed by atoms with van der Waals surface area (Å²) < 4.78 is 0.880. The molecule has 0 radical (unpaired) electrons. The molecule has 214 valence electrons. The van der Waals surface area contributed by atoms with E-state index >= 15 is 0 Å². The summed E-state index contributed by atoms with van der Waals surface area (Å²) >= 11 is 14.4. The molecule has 2 aromatic heterocycles. The number of aliphatic carboxylic acids is 1. The number of carbonyl (C=O) groups excluding carboxylic acids is 2. The molecule has 0 aliphatic carbocycles. The molecule has 0 saturated carbocycles. The summed E-state index contributed by atoms with van der Waals surface area (Å²) in [6.45, 7) is 0.894.